The van der Waals surface area contributed by atoms with Gasteiger partial charge in [-0.15, -0.1) is 0 Å². The van der Waals surface area contributed by atoms with Crippen LogP contribution in [0.4, 0.5) is 13.2 Å². The fraction of sp³-hybridized carbons (Fsp3) is 0.500. The molecule has 2 rings (SSSR count). The number of pyridine rings is 1. The Labute approximate surface area is 116 Å². The molecule has 1 atom stereocenters. The number of rotatable bonds is 1. The van der Waals surface area contributed by atoms with Crippen molar-refractivity contribution < 1.29 is 18.0 Å². The molecule has 0 spiro atoms. The summed E-state index contributed by atoms with van der Waals surface area (Å²) in [5.74, 6) is -1.82. The Balaban J connectivity index is 2.09. The first-order valence-corrected chi connectivity index (χ1v) is 6.65. The lowest BCUT2D eigenvalue weighted by molar-refractivity contribution is -0.184. The van der Waals surface area contributed by atoms with E-state index in [9.17, 15) is 18.0 Å². The molecule has 0 aliphatic carbocycles. The molecule has 1 aliphatic heterocycles. The van der Waals surface area contributed by atoms with E-state index in [-0.39, 0.29) is 13.0 Å². The van der Waals surface area contributed by atoms with Crippen molar-refractivity contribution in [2.24, 2.45) is 5.92 Å². The van der Waals surface area contributed by atoms with Gasteiger partial charge < -0.3 is 4.90 Å². The van der Waals surface area contributed by atoms with Crippen LogP contribution in [-0.2, 0) is 0 Å². The highest BCUT2D eigenvalue weighted by Gasteiger charge is 2.42. The van der Waals surface area contributed by atoms with Gasteiger partial charge in [0, 0.05) is 19.3 Å². The Morgan fingerprint density at radius 3 is 2.74 bits per heavy atom. The van der Waals surface area contributed by atoms with Crippen LogP contribution >= 0.6 is 15.9 Å². The summed E-state index contributed by atoms with van der Waals surface area (Å²) >= 11 is 3.14. The standard InChI is InChI=1S/C12H12BrF3N2O/c13-10-4-3-8(6-17-10)11(19)18-5-1-2-9(7-18)12(14,15)16/h3-4,6,9H,1-2,5,7H2. The molecule has 2 heterocycles. The maximum absolute atomic E-state index is 12.7. The summed E-state index contributed by atoms with van der Waals surface area (Å²) in [7, 11) is 0. The second-order valence-electron chi connectivity index (χ2n) is 4.50. The molecular weight excluding hydrogens is 325 g/mol. The monoisotopic (exact) mass is 336 g/mol. The second-order valence-corrected chi connectivity index (χ2v) is 5.31. The molecule has 7 heteroatoms. The molecule has 0 saturated carbocycles. The Kier molecular flexibility index (Phi) is 4.13. The van der Waals surface area contributed by atoms with Gasteiger partial charge in [-0.05, 0) is 40.9 Å². The summed E-state index contributed by atoms with van der Waals surface area (Å²) in [5.41, 5.74) is 0.311. The van der Waals surface area contributed by atoms with Crippen LogP contribution in [0.1, 0.15) is 23.2 Å². The van der Waals surface area contributed by atoms with Gasteiger partial charge in [-0.25, -0.2) is 4.98 Å². The minimum absolute atomic E-state index is 0.0892. The smallest absolute Gasteiger partial charge is 0.338 e. The van der Waals surface area contributed by atoms with Gasteiger partial charge in [-0.2, -0.15) is 13.2 Å². The van der Waals surface area contributed by atoms with Crippen molar-refractivity contribution in [2.45, 2.75) is 19.0 Å². The summed E-state index contributed by atoms with van der Waals surface area (Å²) in [6.45, 7) is 0.0971. The lowest BCUT2D eigenvalue weighted by Gasteiger charge is -2.33. The summed E-state index contributed by atoms with van der Waals surface area (Å²) in [5, 5.41) is 0. The highest BCUT2D eigenvalue weighted by molar-refractivity contribution is 9.10. The van der Waals surface area contributed by atoms with Gasteiger partial charge in [-0.1, -0.05) is 0 Å². The number of carbonyl (C=O) groups is 1. The maximum Gasteiger partial charge on any atom is 0.393 e. The molecule has 1 aromatic rings. The Hall–Kier alpha value is -1.11. The van der Waals surface area contributed by atoms with E-state index in [0.29, 0.717) is 23.1 Å². The van der Waals surface area contributed by atoms with Gasteiger partial charge >= 0.3 is 6.18 Å². The van der Waals surface area contributed by atoms with Crippen LogP contribution in [0.3, 0.4) is 0 Å². The number of carbonyl (C=O) groups excluding carboxylic acids is 1. The molecule has 1 aliphatic rings. The molecule has 1 amide bonds. The Bertz CT molecular complexity index is 461. The Morgan fingerprint density at radius 1 is 1.42 bits per heavy atom. The van der Waals surface area contributed by atoms with Crippen LogP contribution in [0.2, 0.25) is 0 Å². The molecule has 0 N–H and O–H groups in total. The zero-order valence-corrected chi connectivity index (χ0v) is 11.5. The molecule has 0 radical (unpaired) electrons. The fourth-order valence-electron chi connectivity index (χ4n) is 2.11. The van der Waals surface area contributed by atoms with Crippen LogP contribution in [-0.4, -0.2) is 35.1 Å². The molecule has 19 heavy (non-hydrogen) atoms. The third kappa shape index (κ3) is 3.46. The van der Waals surface area contributed by atoms with E-state index in [0.717, 1.165) is 0 Å². The number of nitrogens with zero attached hydrogens (tertiary/aromatic N) is 2. The molecule has 104 valence electrons. The fourth-order valence-corrected chi connectivity index (χ4v) is 2.35. The van der Waals surface area contributed by atoms with Gasteiger partial charge in [0.2, 0.25) is 0 Å². The molecule has 1 saturated heterocycles. The minimum atomic E-state index is -4.24. The molecule has 3 nitrogen and oxygen atoms in total. The third-order valence-electron chi connectivity index (χ3n) is 3.15. The third-order valence-corrected chi connectivity index (χ3v) is 3.61. The van der Waals surface area contributed by atoms with Crippen molar-refractivity contribution in [2.75, 3.05) is 13.1 Å². The van der Waals surface area contributed by atoms with Gasteiger partial charge in [-0.3, -0.25) is 4.79 Å². The molecule has 0 bridgehead atoms. The molecule has 1 unspecified atom stereocenters. The normalized spacial score (nSPS) is 20.4. The quantitative estimate of drug-likeness (QED) is 0.737. The summed E-state index contributed by atoms with van der Waals surface area (Å²) < 4.78 is 38.6. The highest BCUT2D eigenvalue weighted by Crippen LogP contribution is 2.33. The van der Waals surface area contributed by atoms with Crippen molar-refractivity contribution in [3.63, 3.8) is 0 Å². The van der Waals surface area contributed by atoms with Gasteiger partial charge in [0.05, 0.1) is 11.5 Å². The zero-order chi connectivity index (χ0) is 14.0. The highest BCUT2D eigenvalue weighted by atomic mass is 79.9. The predicted octanol–water partition coefficient (Wildman–Crippen LogP) is 3.26. The van der Waals surface area contributed by atoms with Crippen molar-refractivity contribution in [3.05, 3.63) is 28.5 Å². The van der Waals surface area contributed by atoms with Crippen molar-refractivity contribution >= 4 is 21.8 Å². The van der Waals surface area contributed by atoms with Crippen molar-refractivity contribution in [1.29, 1.82) is 0 Å². The SMILES string of the molecule is O=C(c1ccc(Br)nc1)N1CCCC(C(F)(F)F)C1. The van der Waals surface area contributed by atoms with Crippen LogP contribution in [0.5, 0.6) is 0 Å². The van der Waals surface area contributed by atoms with Crippen LogP contribution in [0, 0.1) is 5.92 Å². The number of likely N-dealkylation sites (tertiary alicyclic amines) is 1. The van der Waals surface area contributed by atoms with E-state index in [4.69, 9.17) is 0 Å². The van der Waals surface area contributed by atoms with Gasteiger partial charge in [0.15, 0.2) is 0 Å². The second kappa shape index (κ2) is 5.48. The minimum Gasteiger partial charge on any atom is -0.338 e. The Morgan fingerprint density at radius 2 is 2.16 bits per heavy atom. The van der Waals surface area contributed by atoms with Crippen molar-refractivity contribution in [3.8, 4) is 0 Å². The first-order chi connectivity index (χ1) is 8.88. The predicted molar refractivity (Wildman–Crippen MR) is 66.6 cm³/mol. The number of alkyl halides is 3. The first-order valence-electron chi connectivity index (χ1n) is 5.85. The van der Waals surface area contributed by atoms with E-state index in [1.165, 1.54) is 11.1 Å². The molecule has 1 fully saturated rings. The topological polar surface area (TPSA) is 33.2 Å². The van der Waals surface area contributed by atoms with E-state index in [1.54, 1.807) is 12.1 Å². The lowest BCUT2D eigenvalue weighted by Crippen LogP contribution is -2.44. The van der Waals surface area contributed by atoms with Crippen LogP contribution < -0.4 is 0 Å². The number of halogens is 4. The number of piperidine rings is 1. The summed E-state index contributed by atoms with van der Waals surface area (Å²) in [6.07, 6.45) is -2.41. The zero-order valence-electron chi connectivity index (χ0n) is 9.95. The van der Waals surface area contributed by atoms with Gasteiger partial charge in [0.1, 0.15) is 4.60 Å². The summed E-state index contributed by atoms with van der Waals surface area (Å²) in [4.78, 5) is 17.3. The van der Waals surface area contributed by atoms with E-state index >= 15 is 0 Å². The summed E-state index contributed by atoms with van der Waals surface area (Å²) in [6, 6.07) is 3.15. The van der Waals surface area contributed by atoms with E-state index in [1.807, 2.05) is 0 Å². The van der Waals surface area contributed by atoms with Crippen LogP contribution in [0.25, 0.3) is 0 Å². The average molecular weight is 337 g/mol. The number of amides is 1. The van der Waals surface area contributed by atoms with Gasteiger partial charge in [0.25, 0.3) is 5.91 Å². The average Bonchev–Trinajstić information content (AvgIpc) is 2.38. The number of hydrogen-bond acceptors (Lipinski definition) is 2. The first kappa shape index (κ1) is 14.3. The molecule has 1 aromatic heterocycles. The van der Waals surface area contributed by atoms with E-state index in [2.05, 4.69) is 20.9 Å². The van der Waals surface area contributed by atoms with Crippen LogP contribution in [0.15, 0.2) is 22.9 Å². The lowest BCUT2D eigenvalue weighted by atomic mass is 9.97. The number of aromatic nitrogens is 1. The van der Waals surface area contributed by atoms with E-state index < -0.39 is 18.0 Å². The molecule has 0 aromatic carbocycles. The molecular formula is C12H12BrF3N2O. The van der Waals surface area contributed by atoms with Crippen molar-refractivity contribution in [1.82, 2.24) is 9.88 Å². The largest absolute Gasteiger partial charge is 0.393 e. The maximum atomic E-state index is 12.7. The number of hydrogen-bond donors (Lipinski definition) is 0.